The van der Waals surface area contributed by atoms with E-state index >= 15 is 0 Å². The van der Waals surface area contributed by atoms with E-state index in [1.54, 1.807) is 4.68 Å². The fraction of sp³-hybridized carbons (Fsp3) is 0.333. The van der Waals surface area contributed by atoms with Crippen molar-refractivity contribution in [3.63, 3.8) is 0 Å². The number of carbonyl (C=O) groups is 2. The first-order valence-electron chi connectivity index (χ1n) is 7.42. The Hall–Kier alpha value is -2.91. The van der Waals surface area contributed by atoms with Crippen molar-refractivity contribution in [1.82, 2.24) is 19.7 Å². The number of halogens is 3. The summed E-state index contributed by atoms with van der Waals surface area (Å²) in [6.45, 7) is 0.760. The first-order valence-corrected chi connectivity index (χ1v) is 7.42. The number of hydrogen-bond donors (Lipinski definition) is 1. The zero-order chi connectivity index (χ0) is 18.2. The monoisotopic (exact) mass is 353 g/mol. The van der Waals surface area contributed by atoms with Crippen LogP contribution in [0, 0.1) is 0 Å². The fourth-order valence-electron chi connectivity index (χ4n) is 2.68. The molecule has 3 heterocycles. The lowest BCUT2D eigenvalue weighted by Crippen LogP contribution is -2.29. The minimum absolute atomic E-state index is 0.0898. The average Bonchev–Trinajstić information content (AvgIpc) is 3.22. The summed E-state index contributed by atoms with van der Waals surface area (Å²) in [5.41, 5.74) is 4.50. The molecule has 0 aromatic carbocycles. The molecule has 7 nitrogen and oxygen atoms in total. The van der Waals surface area contributed by atoms with E-state index in [2.05, 4.69) is 10.1 Å². The topological polar surface area (TPSA) is 94.1 Å². The summed E-state index contributed by atoms with van der Waals surface area (Å²) in [4.78, 5) is 28.3. The van der Waals surface area contributed by atoms with E-state index in [0.29, 0.717) is 19.5 Å². The van der Waals surface area contributed by atoms with Crippen LogP contribution in [0.25, 0.3) is 0 Å². The molecular weight excluding hydrogens is 339 g/mol. The zero-order valence-corrected chi connectivity index (χ0v) is 12.9. The van der Waals surface area contributed by atoms with Crippen LogP contribution in [0.5, 0.6) is 0 Å². The molecule has 1 saturated heterocycles. The number of pyridine rings is 1. The number of aromatic nitrogens is 3. The van der Waals surface area contributed by atoms with E-state index in [-0.39, 0.29) is 17.2 Å². The summed E-state index contributed by atoms with van der Waals surface area (Å²) < 4.78 is 39.1. The van der Waals surface area contributed by atoms with Crippen LogP contribution in [-0.4, -0.2) is 44.6 Å². The van der Waals surface area contributed by atoms with Gasteiger partial charge in [-0.25, -0.2) is 0 Å². The molecule has 10 heteroatoms. The van der Waals surface area contributed by atoms with Gasteiger partial charge in [0.2, 0.25) is 0 Å². The Morgan fingerprint density at radius 2 is 1.96 bits per heavy atom. The van der Waals surface area contributed by atoms with E-state index in [1.165, 1.54) is 17.3 Å². The highest BCUT2D eigenvalue weighted by Gasteiger charge is 2.33. The lowest BCUT2D eigenvalue weighted by Gasteiger charge is -2.17. The number of nitrogens with two attached hydrogens (primary N) is 1. The predicted octanol–water partition coefficient (Wildman–Crippen LogP) is 1.48. The molecule has 3 rings (SSSR count). The van der Waals surface area contributed by atoms with E-state index in [0.717, 1.165) is 18.3 Å². The molecule has 1 aliphatic rings. The molecule has 2 N–H and O–H groups in total. The largest absolute Gasteiger partial charge is 0.433 e. The van der Waals surface area contributed by atoms with Gasteiger partial charge in [-0.05, 0) is 18.6 Å². The van der Waals surface area contributed by atoms with Gasteiger partial charge in [0.05, 0.1) is 23.4 Å². The number of hydrogen-bond acceptors (Lipinski definition) is 4. The van der Waals surface area contributed by atoms with Gasteiger partial charge in [0.1, 0.15) is 5.69 Å². The normalized spacial score (nSPS) is 17.7. The maximum atomic E-state index is 12.5. The minimum Gasteiger partial charge on any atom is -0.366 e. The fourth-order valence-corrected chi connectivity index (χ4v) is 2.68. The third-order valence-electron chi connectivity index (χ3n) is 4.01. The Morgan fingerprint density at radius 1 is 1.20 bits per heavy atom. The summed E-state index contributed by atoms with van der Waals surface area (Å²) in [5, 5.41) is 4.07. The molecule has 0 spiro atoms. The van der Waals surface area contributed by atoms with Crippen LogP contribution in [0.2, 0.25) is 0 Å². The minimum atomic E-state index is -4.54. The van der Waals surface area contributed by atoms with Gasteiger partial charge >= 0.3 is 6.18 Å². The second-order valence-electron chi connectivity index (χ2n) is 5.70. The van der Waals surface area contributed by atoms with Crippen molar-refractivity contribution >= 4 is 11.8 Å². The van der Waals surface area contributed by atoms with Crippen molar-refractivity contribution in [2.24, 2.45) is 5.73 Å². The number of nitrogens with zero attached hydrogens (tertiary/aromatic N) is 4. The Balaban J connectivity index is 1.68. The van der Waals surface area contributed by atoms with Crippen molar-refractivity contribution in [1.29, 1.82) is 0 Å². The third kappa shape index (κ3) is 3.47. The Bertz CT molecular complexity index is 800. The van der Waals surface area contributed by atoms with E-state index in [9.17, 15) is 22.8 Å². The van der Waals surface area contributed by atoms with Gasteiger partial charge in [0.15, 0.2) is 0 Å². The highest BCUT2D eigenvalue weighted by Crippen LogP contribution is 2.28. The molecule has 1 unspecified atom stereocenters. The molecule has 2 aromatic heterocycles. The van der Waals surface area contributed by atoms with Crippen LogP contribution in [0.4, 0.5) is 13.2 Å². The predicted molar refractivity (Wildman–Crippen MR) is 79.5 cm³/mol. The zero-order valence-electron chi connectivity index (χ0n) is 12.9. The second-order valence-corrected chi connectivity index (χ2v) is 5.70. The van der Waals surface area contributed by atoms with Crippen LogP contribution < -0.4 is 5.73 Å². The molecule has 0 aliphatic carbocycles. The number of carbonyl (C=O) groups excluding carboxylic acids is 2. The van der Waals surface area contributed by atoms with Crippen LogP contribution in [0.1, 0.15) is 38.9 Å². The van der Waals surface area contributed by atoms with Gasteiger partial charge in [-0.3, -0.25) is 19.3 Å². The number of rotatable bonds is 3. The van der Waals surface area contributed by atoms with Crippen LogP contribution >= 0.6 is 0 Å². The van der Waals surface area contributed by atoms with Gasteiger partial charge < -0.3 is 10.6 Å². The first-order chi connectivity index (χ1) is 11.8. The van der Waals surface area contributed by atoms with Crippen LogP contribution in [-0.2, 0) is 6.18 Å². The molecule has 0 saturated carbocycles. The number of alkyl halides is 3. The SMILES string of the molecule is NC(=O)c1cnn(C2CCN(C(=O)c3ccc(C(F)(F)F)nc3)C2)c1. The van der Waals surface area contributed by atoms with Crippen molar-refractivity contribution in [3.05, 3.63) is 47.5 Å². The van der Waals surface area contributed by atoms with Gasteiger partial charge in [0, 0.05) is 25.5 Å². The third-order valence-corrected chi connectivity index (χ3v) is 4.01. The van der Waals surface area contributed by atoms with Crippen LogP contribution in [0.15, 0.2) is 30.7 Å². The Kier molecular flexibility index (Phi) is 4.19. The van der Waals surface area contributed by atoms with Crippen molar-refractivity contribution in [2.45, 2.75) is 18.6 Å². The molecule has 0 bridgehead atoms. The summed E-state index contributed by atoms with van der Waals surface area (Å²) in [6.07, 6.45) is -0.136. The highest BCUT2D eigenvalue weighted by molar-refractivity contribution is 5.94. The molecule has 0 radical (unpaired) electrons. The highest BCUT2D eigenvalue weighted by atomic mass is 19.4. The number of amides is 2. The quantitative estimate of drug-likeness (QED) is 0.904. The molecule has 132 valence electrons. The average molecular weight is 353 g/mol. The van der Waals surface area contributed by atoms with Crippen molar-refractivity contribution < 1.29 is 22.8 Å². The van der Waals surface area contributed by atoms with Gasteiger partial charge in [-0.2, -0.15) is 18.3 Å². The molecule has 25 heavy (non-hydrogen) atoms. The first kappa shape index (κ1) is 16.9. The van der Waals surface area contributed by atoms with Gasteiger partial charge in [-0.15, -0.1) is 0 Å². The van der Waals surface area contributed by atoms with Crippen molar-refractivity contribution in [2.75, 3.05) is 13.1 Å². The number of primary amides is 1. The molecule has 2 amide bonds. The van der Waals surface area contributed by atoms with E-state index in [4.69, 9.17) is 5.73 Å². The Labute approximate surface area is 140 Å². The summed E-state index contributed by atoms with van der Waals surface area (Å²) in [7, 11) is 0. The molecule has 1 aliphatic heterocycles. The maximum Gasteiger partial charge on any atom is 0.433 e. The standard InChI is InChI=1S/C15H14F3N5O2/c16-15(17,18)12-2-1-9(5-20-12)14(25)22-4-3-11(8-22)23-7-10(6-21-23)13(19)24/h1-2,5-7,11H,3-4,8H2,(H2,19,24). The summed E-state index contributed by atoms with van der Waals surface area (Å²) in [6, 6.07) is 1.78. The number of likely N-dealkylation sites (tertiary alicyclic amines) is 1. The summed E-state index contributed by atoms with van der Waals surface area (Å²) in [5.74, 6) is -0.987. The Morgan fingerprint density at radius 3 is 2.52 bits per heavy atom. The maximum absolute atomic E-state index is 12.5. The smallest absolute Gasteiger partial charge is 0.366 e. The van der Waals surface area contributed by atoms with E-state index in [1.807, 2.05) is 0 Å². The van der Waals surface area contributed by atoms with E-state index < -0.39 is 23.7 Å². The second kappa shape index (κ2) is 6.19. The van der Waals surface area contributed by atoms with Gasteiger partial charge in [0.25, 0.3) is 11.8 Å². The molecule has 1 fully saturated rings. The molecule has 1 atom stereocenters. The lowest BCUT2D eigenvalue weighted by atomic mass is 10.2. The van der Waals surface area contributed by atoms with Crippen LogP contribution in [0.3, 0.4) is 0 Å². The van der Waals surface area contributed by atoms with Crippen molar-refractivity contribution in [3.8, 4) is 0 Å². The lowest BCUT2D eigenvalue weighted by molar-refractivity contribution is -0.141. The summed E-state index contributed by atoms with van der Waals surface area (Å²) >= 11 is 0. The van der Waals surface area contributed by atoms with Gasteiger partial charge in [-0.1, -0.05) is 0 Å². The molecular formula is C15H14F3N5O2. The molecule has 2 aromatic rings.